The monoisotopic (exact) mass is 442 g/mol. The van der Waals surface area contributed by atoms with Crippen LogP contribution in [0.15, 0.2) is 61.2 Å². The van der Waals surface area contributed by atoms with Crippen LogP contribution >= 0.6 is 0 Å². The molecule has 2 atom stereocenters. The third kappa shape index (κ3) is 4.48. The number of likely N-dealkylation sites (tertiary alicyclic amines) is 1. The predicted molar refractivity (Wildman–Crippen MR) is 128 cm³/mol. The summed E-state index contributed by atoms with van der Waals surface area (Å²) < 4.78 is 5.85. The van der Waals surface area contributed by atoms with E-state index < -0.39 is 5.41 Å². The lowest BCUT2D eigenvalue weighted by Crippen LogP contribution is -2.51. The van der Waals surface area contributed by atoms with Crippen molar-refractivity contribution in [3.05, 3.63) is 77.9 Å². The topological polar surface area (TPSA) is 81.3 Å². The molecule has 6 nitrogen and oxygen atoms in total. The average molecular weight is 443 g/mol. The summed E-state index contributed by atoms with van der Waals surface area (Å²) >= 11 is 0. The van der Waals surface area contributed by atoms with Crippen LogP contribution in [-0.2, 0) is 24.2 Å². The summed E-state index contributed by atoms with van der Waals surface area (Å²) in [5.74, 6) is 0.778. The van der Waals surface area contributed by atoms with Gasteiger partial charge in [0.2, 0.25) is 5.91 Å². The van der Waals surface area contributed by atoms with E-state index in [1.807, 2.05) is 24.5 Å². The van der Waals surface area contributed by atoms with Gasteiger partial charge in [0, 0.05) is 37.5 Å². The Bertz CT molecular complexity index is 1150. The molecular weight excluding hydrogens is 412 g/mol. The van der Waals surface area contributed by atoms with Gasteiger partial charge < -0.3 is 10.5 Å². The quantitative estimate of drug-likeness (QED) is 0.628. The van der Waals surface area contributed by atoms with Crippen LogP contribution in [-0.4, -0.2) is 40.0 Å². The fourth-order valence-electron chi connectivity index (χ4n) is 5.39. The smallest absolute Gasteiger partial charge is 0.225 e. The van der Waals surface area contributed by atoms with E-state index >= 15 is 0 Å². The van der Waals surface area contributed by atoms with Crippen LogP contribution in [0.4, 0.5) is 0 Å². The Balaban J connectivity index is 1.38. The third-order valence-electron chi connectivity index (χ3n) is 6.96. The molecule has 5 rings (SSSR count). The zero-order chi connectivity index (χ0) is 22.8. The molecular formula is C27H30N4O2. The molecule has 0 unspecified atom stereocenters. The van der Waals surface area contributed by atoms with Crippen molar-refractivity contribution in [2.45, 2.75) is 45.3 Å². The molecule has 2 aliphatic rings. The van der Waals surface area contributed by atoms with E-state index in [4.69, 9.17) is 10.5 Å². The standard InChI is InChI=1S/C27H30N4O2/c1-19-11-22-12-20(7-8-25(22)33-19)16-31-10-4-9-27(17-31,26(28)32)13-21-5-2-3-6-24(21)23-14-29-18-30-15-23/h2-3,5-8,12,14-15,18-19H,4,9-11,13,16-17H2,1H3,(H2,28,32)/t19-,27-/m0/s1. The summed E-state index contributed by atoms with van der Waals surface area (Å²) in [6, 6.07) is 14.7. The number of hydrogen-bond donors (Lipinski definition) is 1. The number of carbonyl (C=O) groups is 1. The number of amides is 1. The van der Waals surface area contributed by atoms with Gasteiger partial charge in [-0.1, -0.05) is 36.4 Å². The van der Waals surface area contributed by atoms with Crippen LogP contribution in [0.25, 0.3) is 11.1 Å². The molecule has 0 aliphatic carbocycles. The number of primary amides is 1. The predicted octanol–water partition coefficient (Wildman–Crippen LogP) is 3.78. The second-order valence-electron chi connectivity index (χ2n) is 9.49. The van der Waals surface area contributed by atoms with Crippen molar-refractivity contribution in [2.75, 3.05) is 13.1 Å². The molecule has 3 aromatic rings. The van der Waals surface area contributed by atoms with Gasteiger partial charge in [0.1, 0.15) is 18.2 Å². The molecule has 1 aromatic heterocycles. The van der Waals surface area contributed by atoms with Crippen molar-refractivity contribution >= 4 is 5.91 Å². The molecule has 0 spiro atoms. The molecule has 2 aliphatic heterocycles. The van der Waals surface area contributed by atoms with Crippen LogP contribution < -0.4 is 10.5 Å². The van der Waals surface area contributed by atoms with Crippen LogP contribution in [0.2, 0.25) is 0 Å². The number of piperidine rings is 1. The maximum Gasteiger partial charge on any atom is 0.225 e. The minimum atomic E-state index is -0.599. The maximum atomic E-state index is 12.9. The van der Waals surface area contributed by atoms with E-state index in [0.29, 0.717) is 13.0 Å². The van der Waals surface area contributed by atoms with Gasteiger partial charge in [0.25, 0.3) is 0 Å². The highest BCUT2D eigenvalue weighted by Crippen LogP contribution is 2.37. The zero-order valence-corrected chi connectivity index (χ0v) is 19.0. The fraction of sp³-hybridized carbons (Fsp3) is 0.370. The summed E-state index contributed by atoms with van der Waals surface area (Å²) in [6.07, 6.45) is 8.71. The highest BCUT2D eigenvalue weighted by atomic mass is 16.5. The van der Waals surface area contributed by atoms with E-state index in [0.717, 1.165) is 54.8 Å². The Labute approximate surface area is 194 Å². The zero-order valence-electron chi connectivity index (χ0n) is 19.0. The molecule has 0 radical (unpaired) electrons. The lowest BCUT2D eigenvalue weighted by molar-refractivity contribution is -0.131. The molecule has 1 amide bonds. The van der Waals surface area contributed by atoms with E-state index in [9.17, 15) is 4.79 Å². The summed E-state index contributed by atoms with van der Waals surface area (Å²) in [5, 5.41) is 0. The molecule has 170 valence electrons. The minimum absolute atomic E-state index is 0.220. The van der Waals surface area contributed by atoms with Gasteiger partial charge in [0.15, 0.2) is 0 Å². The highest BCUT2D eigenvalue weighted by Gasteiger charge is 2.41. The number of nitrogens with two attached hydrogens (primary N) is 1. The third-order valence-corrected chi connectivity index (χ3v) is 6.96. The SMILES string of the molecule is C[C@H]1Cc2cc(CN3CCC[C@@](Cc4ccccc4-c4cncnc4)(C(N)=O)C3)ccc2O1. The Kier molecular flexibility index (Phi) is 5.85. The number of benzene rings is 2. The normalized spacial score (nSPS) is 22.5. The van der Waals surface area contributed by atoms with E-state index in [1.54, 1.807) is 0 Å². The Hall–Kier alpha value is -3.25. The number of carbonyl (C=O) groups excluding carboxylic acids is 1. The summed E-state index contributed by atoms with van der Waals surface area (Å²) in [4.78, 5) is 23.6. The lowest BCUT2D eigenvalue weighted by atomic mass is 9.73. The molecule has 3 heterocycles. The van der Waals surface area contributed by atoms with Gasteiger partial charge in [-0.2, -0.15) is 0 Å². The van der Waals surface area contributed by atoms with Crippen molar-refractivity contribution in [3.8, 4) is 16.9 Å². The number of nitrogens with zero attached hydrogens (tertiary/aromatic N) is 3. The summed E-state index contributed by atoms with van der Waals surface area (Å²) in [7, 11) is 0. The number of aromatic nitrogens is 2. The van der Waals surface area contributed by atoms with E-state index in [1.165, 1.54) is 17.5 Å². The van der Waals surface area contributed by atoms with Gasteiger partial charge in [-0.05, 0) is 61.1 Å². The molecule has 2 N–H and O–H groups in total. The van der Waals surface area contributed by atoms with Crippen molar-refractivity contribution in [2.24, 2.45) is 11.1 Å². The first-order valence-corrected chi connectivity index (χ1v) is 11.7. The second-order valence-corrected chi connectivity index (χ2v) is 9.49. The first kappa shape index (κ1) is 21.6. The lowest BCUT2D eigenvalue weighted by Gasteiger charge is -2.41. The number of hydrogen-bond acceptors (Lipinski definition) is 5. The fourth-order valence-corrected chi connectivity index (χ4v) is 5.39. The van der Waals surface area contributed by atoms with Gasteiger partial charge >= 0.3 is 0 Å². The molecule has 2 aromatic carbocycles. The Morgan fingerprint density at radius 1 is 1.21 bits per heavy atom. The van der Waals surface area contributed by atoms with Crippen molar-refractivity contribution in [3.63, 3.8) is 0 Å². The van der Waals surface area contributed by atoms with E-state index in [2.05, 4.69) is 52.1 Å². The van der Waals surface area contributed by atoms with Gasteiger partial charge in [-0.3, -0.25) is 9.69 Å². The number of rotatable bonds is 6. The summed E-state index contributed by atoms with van der Waals surface area (Å²) in [5.41, 5.74) is 11.1. The molecule has 33 heavy (non-hydrogen) atoms. The second kappa shape index (κ2) is 8.94. The summed E-state index contributed by atoms with van der Waals surface area (Å²) in [6.45, 7) is 4.54. The van der Waals surface area contributed by atoms with E-state index in [-0.39, 0.29) is 12.0 Å². The Morgan fingerprint density at radius 2 is 2.03 bits per heavy atom. The highest BCUT2D eigenvalue weighted by molar-refractivity contribution is 5.82. The molecule has 0 saturated carbocycles. The van der Waals surface area contributed by atoms with Crippen LogP contribution in [0.1, 0.15) is 36.5 Å². The first-order chi connectivity index (χ1) is 16.0. The van der Waals surface area contributed by atoms with Crippen LogP contribution in [0.3, 0.4) is 0 Å². The van der Waals surface area contributed by atoms with Gasteiger partial charge in [-0.15, -0.1) is 0 Å². The minimum Gasteiger partial charge on any atom is -0.490 e. The maximum absolute atomic E-state index is 12.9. The van der Waals surface area contributed by atoms with Crippen molar-refractivity contribution in [1.29, 1.82) is 0 Å². The molecule has 1 fully saturated rings. The van der Waals surface area contributed by atoms with Crippen LogP contribution in [0, 0.1) is 5.41 Å². The van der Waals surface area contributed by atoms with Crippen molar-refractivity contribution in [1.82, 2.24) is 14.9 Å². The first-order valence-electron chi connectivity index (χ1n) is 11.7. The number of fused-ring (bicyclic) bond motifs is 1. The molecule has 6 heteroatoms. The molecule has 1 saturated heterocycles. The number of ether oxygens (including phenoxy) is 1. The Morgan fingerprint density at radius 3 is 2.85 bits per heavy atom. The van der Waals surface area contributed by atoms with Crippen molar-refractivity contribution < 1.29 is 9.53 Å². The average Bonchev–Trinajstić information content (AvgIpc) is 3.19. The van der Waals surface area contributed by atoms with Crippen LogP contribution in [0.5, 0.6) is 5.75 Å². The molecule has 0 bridgehead atoms. The van der Waals surface area contributed by atoms with Gasteiger partial charge in [0.05, 0.1) is 5.41 Å². The van der Waals surface area contributed by atoms with Gasteiger partial charge in [-0.25, -0.2) is 9.97 Å². The largest absolute Gasteiger partial charge is 0.490 e.